The Bertz CT molecular complexity index is 635. The second-order valence-corrected chi connectivity index (χ2v) is 6.48. The molecular weight excluding hydrogens is 322 g/mol. The average Bonchev–Trinajstić information content (AvgIpc) is 2.58. The summed E-state index contributed by atoms with van der Waals surface area (Å²) < 4.78 is 6.84. The van der Waals surface area contributed by atoms with Crippen molar-refractivity contribution < 1.29 is 4.74 Å². The summed E-state index contributed by atoms with van der Waals surface area (Å²) in [6, 6.07) is 7.79. The lowest BCUT2D eigenvalue weighted by molar-refractivity contribution is 0.498. The molecule has 0 unspecified atom stereocenters. The average molecular weight is 329 g/mol. The van der Waals surface area contributed by atoms with Crippen molar-refractivity contribution in [3.05, 3.63) is 39.2 Å². The van der Waals surface area contributed by atoms with Gasteiger partial charge in [0.25, 0.3) is 0 Å². The smallest absolute Gasteiger partial charge is 0.192 e. The normalized spacial score (nSPS) is 13.2. The first-order valence-corrected chi connectivity index (χ1v) is 6.94. The van der Waals surface area contributed by atoms with E-state index in [1.165, 1.54) is 11.3 Å². The third-order valence-electron chi connectivity index (χ3n) is 2.43. The van der Waals surface area contributed by atoms with Crippen LogP contribution in [-0.4, -0.2) is 5.17 Å². The van der Waals surface area contributed by atoms with E-state index in [-0.39, 0.29) is 0 Å². The van der Waals surface area contributed by atoms with Crippen molar-refractivity contribution >= 4 is 49.7 Å². The molecule has 0 amide bonds. The minimum atomic E-state index is 0.463. The van der Waals surface area contributed by atoms with Crippen molar-refractivity contribution in [3.8, 4) is 10.8 Å². The molecule has 2 aromatic rings. The Morgan fingerprint density at radius 1 is 1.35 bits per heavy atom. The number of hydrogen-bond acceptors (Lipinski definition) is 3. The van der Waals surface area contributed by atoms with Crippen molar-refractivity contribution in [1.82, 2.24) is 0 Å². The molecule has 0 spiro atoms. The van der Waals surface area contributed by atoms with Crippen LogP contribution in [0.1, 0.15) is 11.1 Å². The lowest BCUT2D eigenvalue weighted by Crippen LogP contribution is -1.87. The third kappa shape index (κ3) is 2.01. The Kier molecular flexibility index (Phi) is 2.73. The monoisotopic (exact) mass is 327 g/mol. The van der Waals surface area contributed by atoms with Gasteiger partial charge in [-0.25, -0.2) is 4.99 Å². The number of aryl methyl sites for hydroxylation is 1. The fourth-order valence-electron chi connectivity index (χ4n) is 1.63. The summed E-state index contributed by atoms with van der Waals surface area (Å²) in [5, 5.41) is 1.24. The number of halogens is 2. The first-order valence-electron chi connectivity index (χ1n) is 4.96. The number of nitrogens with zero attached hydrogens (tertiary/aromatic N) is 1. The highest BCUT2D eigenvalue weighted by molar-refractivity contribution is 9.11. The molecule has 0 N–H and O–H groups in total. The van der Waals surface area contributed by atoms with Crippen molar-refractivity contribution in [2.75, 3.05) is 0 Å². The molecule has 2 heterocycles. The Labute approximate surface area is 116 Å². The maximum absolute atomic E-state index is 6.19. The Balaban J connectivity index is 2.22. The van der Waals surface area contributed by atoms with E-state index in [4.69, 9.17) is 16.3 Å². The molecule has 5 heteroatoms. The van der Waals surface area contributed by atoms with Gasteiger partial charge in [0.15, 0.2) is 10.8 Å². The Morgan fingerprint density at radius 2 is 2.18 bits per heavy atom. The quantitative estimate of drug-likeness (QED) is 0.648. The molecule has 1 aromatic carbocycles. The van der Waals surface area contributed by atoms with Crippen LogP contribution in [0.4, 0.5) is 5.69 Å². The zero-order chi connectivity index (χ0) is 12.0. The summed E-state index contributed by atoms with van der Waals surface area (Å²) in [7, 11) is 0. The van der Waals surface area contributed by atoms with E-state index in [0.717, 1.165) is 31.4 Å². The topological polar surface area (TPSA) is 21.6 Å². The molecule has 0 saturated carbocycles. The molecule has 0 atom stereocenters. The standard InChI is InChI=1S/C12H7BrClNOS/c1-6-2-3-8-9(4-6)16-12-7(11(14)15-8)5-10(13)17-12/h2-5H,1H3. The van der Waals surface area contributed by atoms with Crippen LogP contribution in [0.3, 0.4) is 0 Å². The van der Waals surface area contributed by atoms with Crippen LogP contribution in [-0.2, 0) is 0 Å². The van der Waals surface area contributed by atoms with E-state index in [0.29, 0.717) is 5.17 Å². The van der Waals surface area contributed by atoms with E-state index in [9.17, 15) is 0 Å². The van der Waals surface area contributed by atoms with Gasteiger partial charge >= 0.3 is 0 Å². The molecule has 86 valence electrons. The molecular formula is C12H7BrClNOS. The molecule has 0 aliphatic carbocycles. The largest absolute Gasteiger partial charge is 0.444 e. The molecule has 0 radical (unpaired) electrons. The fourth-order valence-corrected chi connectivity index (χ4v) is 3.33. The molecule has 17 heavy (non-hydrogen) atoms. The van der Waals surface area contributed by atoms with Crippen molar-refractivity contribution in [3.63, 3.8) is 0 Å². The minimum absolute atomic E-state index is 0.463. The van der Waals surface area contributed by atoms with Crippen LogP contribution < -0.4 is 4.74 Å². The number of rotatable bonds is 0. The molecule has 1 aliphatic heterocycles. The van der Waals surface area contributed by atoms with Crippen LogP contribution in [0.2, 0.25) is 0 Å². The van der Waals surface area contributed by atoms with Gasteiger partial charge in [-0.2, -0.15) is 0 Å². The number of hydrogen-bond donors (Lipinski definition) is 0. The van der Waals surface area contributed by atoms with E-state index >= 15 is 0 Å². The van der Waals surface area contributed by atoms with Crippen LogP contribution >= 0.6 is 38.9 Å². The maximum atomic E-state index is 6.19. The summed E-state index contributed by atoms with van der Waals surface area (Å²) in [6.45, 7) is 2.02. The maximum Gasteiger partial charge on any atom is 0.192 e. The second-order valence-electron chi connectivity index (χ2n) is 3.73. The second kappa shape index (κ2) is 4.12. The van der Waals surface area contributed by atoms with Crippen LogP contribution in [0.5, 0.6) is 10.8 Å². The van der Waals surface area contributed by atoms with Gasteiger partial charge < -0.3 is 4.74 Å². The summed E-state index contributed by atoms with van der Waals surface area (Å²) in [5.74, 6) is 0.747. The van der Waals surface area contributed by atoms with E-state index in [1.807, 2.05) is 31.2 Å². The lowest BCUT2D eigenvalue weighted by Gasteiger charge is -2.05. The lowest BCUT2D eigenvalue weighted by atomic mass is 10.2. The molecule has 1 aromatic heterocycles. The molecule has 0 bridgehead atoms. The highest BCUT2D eigenvalue weighted by Gasteiger charge is 2.19. The summed E-state index contributed by atoms with van der Waals surface area (Å²) >= 11 is 11.1. The van der Waals surface area contributed by atoms with Gasteiger partial charge in [-0.1, -0.05) is 29.0 Å². The molecule has 0 fully saturated rings. The predicted molar refractivity (Wildman–Crippen MR) is 75.3 cm³/mol. The molecule has 0 saturated heterocycles. The van der Waals surface area contributed by atoms with Gasteiger partial charge in [-0.05, 0) is 46.6 Å². The number of ether oxygens (including phenoxy) is 1. The van der Waals surface area contributed by atoms with Gasteiger partial charge in [0.2, 0.25) is 0 Å². The highest BCUT2D eigenvalue weighted by atomic mass is 79.9. The van der Waals surface area contributed by atoms with Crippen molar-refractivity contribution in [2.45, 2.75) is 6.92 Å². The van der Waals surface area contributed by atoms with Crippen molar-refractivity contribution in [2.24, 2.45) is 4.99 Å². The minimum Gasteiger partial charge on any atom is -0.444 e. The van der Waals surface area contributed by atoms with Crippen molar-refractivity contribution in [1.29, 1.82) is 0 Å². The molecule has 1 aliphatic rings. The zero-order valence-electron chi connectivity index (χ0n) is 8.83. The van der Waals surface area contributed by atoms with Gasteiger partial charge in [0, 0.05) is 0 Å². The zero-order valence-corrected chi connectivity index (χ0v) is 12.0. The fraction of sp³-hybridized carbons (Fsp3) is 0.0833. The van der Waals surface area contributed by atoms with Gasteiger partial charge in [0.1, 0.15) is 10.9 Å². The summed E-state index contributed by atoms with van der Waals surface area (Å²) in [6.07, 6.45) is 0. The Morgan fingerprint density at radius 3 is 3.00 bits per heavy atom. The summed E-state index contributed by atoms with van der Waals surface area (Å²) in [5.41, 5.74) is 2.73. The first-order chi connectivity index (χ1) is 8.13. The van der Waals surface area contributed by atoms with E-state index in [2.05, 4.69) is 20.9 Å². The van der Waals surface area contributed by atoms with Gasteiger partial charge in [-0.3, -0.25) is 0 Å². The van der Waals surface area contributed by atoms with Crippen LogP contribution in [0.25, 0.3) is 0 Å². The number of aliphatic imine (C=N–C) groups is 1. The third-order valence-corrected chi connectivity index (χ3v) is 4.23. The van der Waals surface area contributed by atoms with Gasteiger partial charge in [0.05, 0.1) is 9.35 Å². The van der Waals surface area contributed by atoms with Crippen LogP contribution in [0, 0.1) is 6.92 Å². The SMILES string of the molecule is Cc1ccc2c(c1)Oc1sc(Br)cc1C(Cl)=N2. The van der Waals surface area contributed by atoms with E-state index < -0.39 is 0 Å². The number of thiophene rings is 1. The predicted octanol–water partition coefficient (Wildman–Crippen LogP) is 5.24. The summed E-state index contributed by atoms with van der Waals surface area (Å²) in [4.78, 5) is 4.38. The number of fused-ring (bicyclic) bond motifs is 2. The van der Waals surface area contributed by atoms with Gasteiger partial charge in [-0.15, -0.1) is 0 Å². The molecule has 2 nitrogen and oxygen atoms in total. The Hall–Kier alpha value is -0.840. The van der Waals surface area contributed by atoms with Crippen LogP contribution in [0.15, 0.2) is 33.0 Å². The first kappa shape index (κ1) is 11.3. The van der Waals surface area contributed by atoms with E-state index in [1.54, 1.807) is 0 Å². The molecule has 3 rings (SSSR count). The number of benzene rings is 1. The highest BCUT2D eigenvalue weighted by Crippen LogP contribution is 2.44.